The lowest BCUT2D eigenvalue weighted by atomic mass is 10.0. The van der Waals surface area contributed by atoms with Crippen LogP contribution in [0.5, 0.6) is 0 Å². The van der Waals surface area contributed by atoms with Crippen molar-refractivity contribution in [2.75, 3.05) is 18.0 Å². The van der Waals surface area contributed by atoms with Gasteiger partial charge in [-0.1, -0.05) is 54.6 Å². The van der Waals surface area contributed by atoms with Crippen molar-refractivity contribution in [2.45, 2.75) is 25.4 Å². The molecular formula is C23H24N2OS. The monoisotopic (exact) mass is 376 g/mol. The van der Waals surface area contributed by atoms with Crippen molar-refractivity contribution in [3.63, 3.8) is 0 Å². The molecular weight excluding hydrogens is 352 g/mol. The minimum Gasteiger partial charge on any atom is -0.305 e. The molecule has 1 amide bonds. The van der Waals surface area contributed by atoms with Gasteiger partial charge in [0.25, 0.3) is 5.91 Å². The molecule has 0 aliphatic carbocycles. The molecule has 4 rings (SSSR count). The summed E-state index contributed by atoms with van der Waals surface area (Å²) in [6.45, 7) is 3.01. The molecule has 1 aliphatic heterocycles. The molecule has 0 unspecified atom stereocenters. The number of benzene rings is 2. The van der Waals surface area contributed by atoms with Crippen LogP contribution in [0.1, 0.15) is 28.1 Å². The van der Waals surface area contributed by atoms with E-state index < -0.39 is 0 Å². The quantitative estimate of drug-likeness (QED) is 0.621. The van der Waals surface area contributed by atoms with E-state index in [1.807, 2.05) is 52.7 Å². The normalized spacial score (nSPS) is 15.6. The molecule has 1 aromatic heterocycles. The van der Waals surface area contributed by atoms with Gasteiger partial charge >= 0.3 is 0 Å². The van der Waals surface area contributed by atoms with Crippen LogP contribution in [0.4, 0.5) is 5.69 Å². The molecule has 1 saturated heterocycles. The van der Waals surface area contributed by atoms with Crippen molar-refractivity contribution in [2.24, 2.45) is 0 Å². The highest BCUT2D eigenvalue weighted by atomic mass is 32.1. The molecule has 0 radical (unpaired) electrons. The van der Waals surface area contributed by atoms with Crippen molar-refractivity contribution < 1.29 is 4.79 Å². The van der Waals surface area contributed by atoms with Crippen molar-refractivity contribution in [1.82, 2.24) is 4.90 Å². The molecule has 4 heteroatoms. The summed E-state index contributed by atoms with van der Waals surface area (Å²) in [7, 11) is 0. The number of likely N-dealkylation sites (tertiary alicyclic amines) is 1. The van der Waals surface area contributed by atoms with Crippen molar-refractivity contribution in [3.05, 3.63) is 88.6 Å². The van der Waals surface area contributed by atoms with E-state index in [4.69, 9.17) is 0 Å². The lowest BCUT2D eigenvalue weighted by Gasteiger charge is -2.38. The summed E-state index contributed by atoms with van der Waals surface area (Å²) in [5, 5.41) is 1.97. The predicted molar refractivity (Wildman–Crippen MR) is 112 cm³/mol. The van der Waals surface area contributed by atoms with Gasteiger partial charge in [0.05, 0.1) is 4.88 Å². The number of carbonyl (C=O) groups excluding carboxylic acids is 1. The van der Waals surface area contributed by atoms with E-state index >= 15 is 0 Å². The fourth-order valence-electron chi connectivity index (χ4n) is 3.78. The number of anilines is 1. The fraction of sp³-hybridized carbons (Fsp3) is 0.261. The summed E-state index contributed by atoms with van der Waals surface area (Å²) < 4.78 is 0. The van der Waals surface area contributed by atoms with Gasteiger partial charge in [0.2, 0.25) is 0 Å². The number of amides is 1. The Morgan fingerprint density at radius 1 is 0.926 bits per heavy atom. The first kappa shape index (κ1) is 18.0. The van der Waals surface area contributed by atoms with Gasteiger partial charge in [-0.25, -0.2) is 0 Å². The number of thiophene rings is 1. The van der Waals surface area contributed by atoms with Crippen LogP contribution in [0.15, 0.2) is 78.2 Å². The second kappa shape index (κ2) is 8.51. The van der Waals surface area contributed by atoms with Crippen LogP contribution in [-0.4, -0.2) is 29.9 Å². The second-order valence-electron chi connectivity index (χ2n) is 6.98. The van der Waals surface area contributed by atoms with E-state index in [1.165, 1.54) is 16.9 Å². The van der Waals surface area contributed by atoms with E-state index in [9.17, 15) is 4.79 Å². The number of hydrogen-bond acceptors (Lipinski definition) is 3. The zero-order valence-electron chi connectivity index (χ0n) is 15.3. The van der Waals surface area contributed by atoms with Gasteiger partial charge in [0.15, 0.2) is 0 Å². The van der Waals surface area contributed by atoms with E-state index in [-0.39, 0.29) is 11.9 Å². The van der Waals surface area contributed by atoms with Crippen LogP contribution in [0.2, 0.25) is 0 Å². The predicted octanol–water partition coefficient (Wildman–Crippen LogP) is 5.06. The second-order valence-corrected chi connectivity index (χ2v) is 7.93. The molecule has 0 bridgehead atoms. The summed E-state index contributed by atoms with van der Waals surface area (Å²) in [5.74, 6) is 0.123. The minimum absolute atomic E-state index is 0.123. The average molecular weight is 377 g/mol. The summed E-state index contributed by atoms with van der Waals surface area (Å²) in [5.41, 5.74) is 2.35. The summed E-state index contributed by atoms with van der Waals surface area (Å²) in [6, 6.07) is 24.8. The standard InChI is InChI=1S/C23H24N2OS/c26-23(22-12-7-17-27-22)25(20-10-5-2-6-11-20)21-13-15-24(16-14-21)18-19-8-3-1-4-9-19/h1-12,17,21H,13-16,18H2. The van der Waals surface area contributed by atoms with E-state index in [1.54, 1.807) is 0 Å². The Morgan fingerprint density at radius 3 is 2.22 bits per heavy atom. The SMILES string of the molecule is O=C(c1cccs1)N(c1ccccc1)C1CCN(Cc2ccccc2)CC1. The summed E-state index contributed by atoms with van der Waals surface area (Å²) >= 11 is 1.52. The van der Waals surface area contributed by atoms with Gasteiger partial charge in [-0.2, -0.15) is 0 Å². The molecule has 0 N–H and O–H groups in total. The van der Waals surface area contributed by atoms with Gasteiger partial charge in [-0.05, 0) is 42.0 Å². The topological polar surface area (TPSA) is 23.6 Å². The van der Waals surface area contributed by atoms with Crippen LogP contribution in [-0.2, 0) is 6.54 Å². The van der Waals surface area contributed by atoms with Gasteiger partial charge in [-0.3, -0.25) is 9.69 Å². The zero-order valence-corrected chi connectivity index (χ0v) is 16.1. The van der Waals surface area contributed by atoms with Crippen LogP contribution in [0, 0.1) is 0 Å². The van der Waals surface area contributed by atoms with Crippen LogP contribution >= 0.6 is 11.3 Å². The maximum absolute atomic E-state index is 13.2. The third-order valence-corrected chi connectivity index (χ3v) is 6.01. The first-order valence-electron chi connectivity index (χ1n) is 9.49. The Balaban J connectivity index is 1.48. The Labute approximate surface area is 164 Å². The van der Waals surface area contributed by atoms with Crippen LogP contribution < -0.4 is 4.90 Å². The lowest BCUT2D eigenvalue weighted by molar-refractivity contribution is 0.0962. The lowest BCUT2D eigenvalue weighted by Crippen LogP contribution is -2.47. The van der Waals surface area contributed by atoms with E-state index in [0.717, 1.165) is 43.0 Å². The zero-order chi connectivity index (χ0) is 18.5. The number of nitrogens with zero attached hydrogens (tertiary/aromatic N) is 2. The maximum Gasteiger partial charge on any atom is 0.268 e. The molecule has 2 heterocycles. The van der Waals surface area contributed by atoms with Gasteiger partial charge in [0.1, 0.15) is 0 Å². The first-order chi connectivity index (χ1) is 13.3. The van der Waals surface area contributed by atoms with Crippen molar-refractivity contribution in [1.29, 1.82) is 0 Å². The van der Waals surface area contributed by atoms with Gasteiger partial charge < -0.3 is 4.90 Å². The molecule has 27 heavy (non-hydrogen) atoms. The number of piperidine rings is 1. The number of carbonyl (C=O) groups is 1. The smallest absolute Gasteiger partial charge is 0.268 e. The highest BCUT2D eigenvalue weighted by Crippen LogP contribution is 2.27. The van der Waals surface area contributed by atoms with Crippen molar-refractivity contribution >= 4 is 22.9 Å². The van der Waals surface area contributed by atoms with Gasteiger partial charge in [-0.15, -0.1) is 11.3 Å². The van der Waals surface area contributed by atoms with Crippen LogP contribution in [0.3, 0.4) is 0 Å². The summed E-state index contributed by atoms with van der Waals surface area (Å²) in [6.07, 6.45) is 2.00. The fourth-order valence-corrected chi connectivity index (χ4v) is 4.44. The molecule has 3 nitrogen and oxygen atoms in total. The Kier molecular flexibility index (Phi) is 5.66. The molecule has 1 aliphatic rings. The number of hydrogen-bond donors (Lipinski definition) is 0. The molecule has 138 valence electrons. The first-order valence-corrected chi connectivity index (χ1v) is 10.4. The molecule has 0 atom stereocenters. The third-order valence-electron chi connectivity index (χ3n) is 5.16. The summed E-state index contributed by atoms with van der Waals surface area (Å²) in [4.78, 5) is 18.5. The Morgan fingerprint density at radius 2 is 1.59 bits per heavy atom. The molecule has 0 saturated carbocycles. The van der Waals surface area contributed by atoms with E-state index in [2.05, 4.69) is 35.2 Å². The number of rotatable bonds is 5. The molecule has 3 aromatic rings. The van der Waals surface area contributed by atoms with Gasteiger partial charge in [0, 0.05) is 31.4 Å². The largest absolute Gasteiger partial charge is 0.305 e. The minimum atomic E-state index is 0.123. The Hall–Kier alpha value is -2.43. The molecule has 2 aromatic carbocycles. The molecule has 1 fully saturated rings. The number of para-hydroxylation sites is 1. The van der Waals surface area contributed by atoms with Crippen molar-refractivity contribution in [3.8, 4) is 0 Å². The highest BCUT2D eigenvalue weighted by molar-refractivity contribution is 7.12. The van der Waals surface area contributed by atoms with E-state index in [0.29, 0.717) is 0 Å². The average Bonchev–Trinajstić information content (AvgIpc) is 3.26. The van der Waals surface area contributed by atoms with Crippen LogP contribution in [0.25, 0.3) is 0 Å². The maximum atomic E-state index is 13.2. The molecule has 0 spiro atoms. The third kappa shape index (κ3) is 4.29. The highest BCUT2D eigenvalue weighted by Gasteiger charge is 2.30. The Bertz CT molecular complexity index is 841.